The smallest absolute Gasteiger partial charge is 0.384 e. The average Bonchev–Trinajstić information content (AvgIpc) is 3.70. The number of rotatable bonds is 7. The molecule has 0 atom stereocenters. The van der Waals surface area contributed by atoms with Gasteiger partial charge in [0.25, 0.3) is 0 Å². The Morgan fingerprint density at radius 2 is 1.78 bits per heavy atom. The van der Waals surface area contributed by atoms with Crippen molar-refractivity contribution in [2.24, 2.45) is 7.05 Å². The van der Waals surface area contributed by atoms with E-state index >= 15 is 0 Å². The molecule has 2 fully saturated rings. The van der Waals surface area contributed by atoms with E-state index in [1.54, 1.807) is 36.6 Å². The number of pyridine rings is 1. The number of aliphatic hydroxyl groups is 1. The third-order valence-corrected chi connectivity index (χ3v) is 8.41. The molecule has 1 aromatic carbocycles. The molecule has 0 radical (unpaired) electrons. The number of carbonyl (C=O) groups is 1. The van der Waals surface area contributed by atoms with Crippen molar-refractivity contribution >= 4 is 22.6 Å². The lowest BCUT2D eigenvalue weighted by Gasteiger charge is -2.35. The van der Waals surface area contributed by atoms with Gasteiger partial charge in [-0.15, -0.1) is 0 Å². The predicted molar refractivity (Wildman–Crippen MR) is 165 cm³/mol. The molecule has 4 aromatic rings. The molecular formula is C32H39F3N8O2. The van der Waals surface area contributed by atoms with Crippen molar-refractivity contribution < 1.29 is 23.1 Å². The Hall–Kier alpha value is -4.10. The van der Waals surface area contributed by atoms with E-state index in [1.165, 1.54) is 10.7 Å². The largest absolute Gasteiger partial charge is 0.416 e. The van der Waals surface area contributed by atoms with Gasteiger partial charge in [0.15, 0.2) is 11.6 Å². The first-order valence-electron chi connectivity index (χ1n) is 15.3. The number of nitrogens with one attached hydrogen (secondary N) is 2. The topological polar surface area (TPSA) is 121 Å². The molecule has 1 amide bonds. The van der Waals surface area contributed by atoms with Crippen LogP contribution in [0.1, 0.15) is 56.7 Å². The molecule has 0 bridgehead atoms. The van der Waals surface area contributed by atoms with E-state index in [4.69, 9.17) is 0 Å². The number of nitrogens with zero attached hydrogens (tertiary/aromatic N) is 6. The summed E-state index contributed by atoms with van der Waals surface area (Å²) >= 11 is 0. The lowest BCUT2D eigenvalue weighted by molar-refractivity contribution is -0.137. The summed E-state index contributed by atoms with van der Waals surface area (Å²) in [6.45, 7) is 4.60. The summed E-state index contributed by atoms with van der Waals surface area (Å²) in [4.78, 5) is 26.7. The summed E-state index contributed by atoms with van der Waals surface area (Å²) in [7, 11) is 1.66. The summed E-state index contributed by atoms with van der Waals surface area (Å²) in [5, 5.41) is 21.7. The van der Waals surface area contributed by atoms with Crippen LogP contribution in [0.4, 0.5) is 19.0 Å². The highest BCUT2D eigenvalue weighted by Crippen LogP contribution is 2.37. The Morgan fingerprint density at radius 3 is 2.40 bits per heavy atom. The highest BCUT2D eigenvalue weighted by atomic mass is 19.4. The third-order valence-electron chi connectivity index (χ3n) is 8.41. The van der Waals surface area contributed by atoms with Gasteiger partial charge in [0.05, 0.1) is 23.3 Å². The first-order chi connectivity index (χ1) is 21.6. The van der Waals surface area contributed by atoms with Gasteiger partial charge < -0.3 is 20.6 Å². The minimum Gasteiger partial charge on any atom is -0.384 e. The van der Waals surface area contributed by atoms with E-state index in [0.29, 0.717) is 28.6 Å². The Bertz CT molecular complexity index is 1560. The number of hydrogen-bond acceptors (Lipinski definition) is 8. The number of carbonyl (C=O) groups excluding carboxylic acids is 1. The molecule has 0 unspecified atom stereocenters. The first kappa shape index (κ1) is 32.3. The lowest BCUT2D eigenvalue weighted by atomic mass is 9.80. The van der Waals surface area contributed by atoms with Crippen molar-refractivity contribution in [3.05, 3.63) is 66.2 Å². The standard InChI is InChI=1S/C17H22N4O.C15H17F3N4O/c1-2-18-14-6-8-17(22,9-7-14)15-5-4-13(12-21-15)16-19-10-3-11-20-16;1-21-12-5-4-10(15(16,17)18)8-11(12)14(20-21)19-9-13(23)22-6-2-3-7-22/h3-5,10-12,14,18,22H,2,6-9H2,1H3;4-5,8H,2-3,6-7,9H2,1H3,(H,19,20). The minimum atomic E-state index is -4.41. The molecule has 3 N–H and O–H groups in total. The summed E-state index contributed by atoms with van der Waals surface area (Å²) in [6.07, 6.45) is 6.21. The fourth-order valence-electron chi connectivity index (χ4n) is 5.90. The Kier molecular flexibility index (Phi) is 9.98. The van der Waals surface area contributed by atoms with Crippen LogP contribution in [-0.4, -0.2) is 72.9 Å². The SMILES string of the molecule is CCNC1CCC(O)(c2ccc(-c3ncccn3)cn2)CC1.Cn1nc(NCC(=O)N2CCCC2)c2cc(C(F)(F)F)ccc21. The number of aromatic nitrogens is 5. The van der Waals surface area contributed by atoms with Gasteiger partial charge in [-0.2, -0.15) is 18.3 Å². The van der Waals surface area contributed by atoms with Gasteiger partial charge in [-0.05, 0) is 81.5 Å². The number of anilines is 1. The molecule has 6 rings (SSSR count). The van der Waals surface area contributed by atoms with E-state index in [1.807, 2.05) is 12.1 Å². The van der Waals surface area contributed by atoms with E-state index in [2.05, 4.69) is 37.6 Å². The van der Waals surface area contributed by atoms with Crippen molar-refractivity contribution in [1.82, 2.24) is 34.9 Å². The number of halogens is 3. The normalized spacial score (nSPS) is 20.1. The van der Waals surface area contributed by atoms with E-state index in [0.717, 1.165) is 81.5 Å². The molecule has 4 heterocycles. The van der Waals surface area contributed by atoms with Crippen molar-refractivity contribution in [2.45, 2.75) is 63.3 Å². The molecule has 10 nitrogen and oxygen atoms in total. The molecule has 1 aliphatic heterocycles. The van der Waals surface area contributed by atoms with E-state index < -0.39 is 17.3 Å². The lowest BCUT2D eigenvalue weighted by Crippen LogP contribution is -2.40. The van der Waals surface area contributed by atoms with Gasteiger partial charge in [0.1, 0.15) is 5.60 Å². The van der Waals surface area contributed by atoms with Gasteiger partial charge in [-0.1, -0.05) is 6.92 Å². The fraction of sp³-hybridized carbons (Fsp3) is 0.469. The highest BCUT2D eigenvalue weighted by Gasteiger charge is 2.36. The predicted octanol–water partition coefficient (Wildman–Crippen LogP) is 4.90. The van der Waals surface area contributed by atoms with E-state index in [9.17, 15) is 23.1 Å². The molecule has 1 aliphatic carbocycles. The molecule has 45 heavy (non-hydrogen) atoms. The van der Waals surface area contributed by atoms with Crippen LogP contribution < -0.4 is 10.6 Å². The molecule has 240 valence electrons. The van der Waals surface area contributed by atoms with Crippen LogP contribution in [0.2, 0.25) is 0 Å². The van der Waals surface area contributed by atoms with Gasteiger partial charge in [-0.25, -0.2) is 9.97 Å². The maximum absolute atomic E-state index is 12.9. The molecule has 2 aliphatic rings. The van der Waals surface area contributed by atoms with Gasteiger partial charge in [0.2, 0.25) is 5.91 Å². The van der Waals surface area contributed by atoms with Crippen LogP contribution in [0.5, 0.6) is 0 Å². The van der Waals surface area contributed by atoms with E-state index in [-0.39, 0.29) is 12.5 Å². The van der Waals surface area contributed by atoms with Gasteiger partial charge in [0, 0.05) is 55.7 Å². The minimum absolute atomic E-state index is 0.0301. The molecule has 1 saturated heterocycles. The summed E-state index contributed by atoms with van der Waals surface area (Å²) in [6, 6.07) is 9.62. The molecule has 13 heteroatoms. The second kappa shape index (κ2) is 13.9. The maximum Gasteiger partial charge on any atom is 0.416 e. The monoisotopic (exact) mass is 624 g/mol. The number of alkyl halides is 3. The molecule has 1 saturated carbocycles. The molecule has 0 spiro atoms. The van der Waals surface area contributed by atoms with Crippen molar-refractivity contribution in [1.29, 1.82) is 0 Å². The number of aryl methyl sites for hydroxylation is 1. The first-order valence-corrected chi connectivity index (χ1v) is 15.3. The van der Waals surface area contributed by atoms with Crippen LogP contribution in [0.25, 0.3) is 22.3 Å². The number of benzene rings is 1. The van der Waals surface area contributed by atoms with Gasteiger partial charge >= 0.3 is 6.18 Å². The van der Waals surface area contributed by atoms with Gasteiger partial charge in [-0.3, -0.25) is 14.5 Å². The molecular weight excluding hydrogens is 585 g/mol. The zero-order valence-electron chi connectivity index (χ0n) is 25.5. The Morgan fingerprint density at radius 1 is 1.07 bits per heavy atom. The van der Waals surface area contributed by atoms with Crippen LogP contribution in [0.3, 0.4) is 0 Å². The third kappa shape index (κ3) is 7.77. The number of hydrogen-bond donors (Lipinski definition) is 3. The molecule has 3 aromatic heterocycles. The van der Waals surface area contributed by atoms with Crippen molar-refractivity contribution in [2.75, 3.05) is 31.5 Å². The second-order valence-corrected chi connectivity index (χ2v) is 11.5. The zero-order chi connectivity index (χ0) is 32.0. The van der Waals surface area contributed by atoms with Crippen LogP contribution in [0.15, 0.2) is 55.0 Å². The average molecular weight is 625 g/mol. The fourth-order valence-corrected chi connectivity index (χ4v) is 5.90. The summed E-state index contributed by atoms with van der Waals surface area (Å²) in [5.41, 5.74) is 0.666. The Balaban J connectivity index is 0.000000178. The van der Waals surface area contributed by atoms with Crippen molar-refractivity contribution in [3.8, 4) is 11.4 Å². The summed E-state index contributed by atoms with van der Waals surface area (Å²) in [5.74, 6) is 0.888. The van der Waals surface area contributed by atoms with Crippen LogP contribution in [0, 0.1) is 0 Å². The zero-order valence-corrected chi connectivity index (χ0v) is 25.5. The summed E-state index contributed by atoms with van der Waals surface area (Å²) < 4.78 is 40.1. The highest BCUT2D eigenvalue weighted by molar-refractivity contribution is 5.92. The quantitative estimate of drug-likeness (QED) is 0.266. The second-order valence-electron chi connectivity index (χ2n) is 11.5. The van der Waals surface area contributed by atoms with Crippen molar-refractivity contribution in [3.63, 3.8) is 0 Å². The maximum atomic E-state index is 12.9. The number of likely N-dealkylation sites (tertiary alicyclic amines) is 1. The van der Waals surface area contributed by atoms with Crippen LogP contribution >= 0.6 is 0 Å². The number of amides is 1. The Labute approximate surface area is 260 Å². The van der Waals surface area contributed by atoms with Crippen LogP contribution in [-0.2, 0) is 23.6 Å². The number of fused-ring (bicyclic) bond motifs is 1.